The highest BCUT2D eigenvalue weighted by atomic mass is 32.2. The molecule has 1 aromatic heterocycles. The van der Waals surface area contributed by atoms with E-state index in [9.17, 15) is 9.18 Å². The van der Waals surface area contributed by atoms with Gasteiger partial charge in [-0.15, -0.1) is 0 Å². The summed E-state index contributed by atoms with van der Waals surface area (Å²) in [5.41, 5.74) is 11.3. The highest BCUT2D eigenvalue weighted by Gasteiger charge is 2.12. The molecule has 4 N–H and O–H groups in total. The van der Waals surface area contributed by atoms with Crippen molar-refractivity contribution in [3.8, 4) is 0 Å². The Hall–Kier alpha value is -2.15. The molecule has 1 heterocycles. The third-order valence-electron chi connectivity index (χ3n) is 2.06. The lowest BCUT2D eigenvalue weighted by Crippen LogP contribution is -2.00. The molecule has 0 bridgehead atoms. The van der Waals surface area contributed by atoms with Crippen LogP contribution in [0.3, 0.4) is 0 Å². The Morgan fingerprint density at radius 2 is 1.89 bits per heavy atom. The van der Waals surface area contributed by atoms with Crippen LogP contribution in [0.5, 0.6) is 0 Å². The normalized spacial score (nSPS) is 10.3. The SMILES string of the molecule is Nc1cc(N)nc(Sc2c(F)cccc2C=O)n1. The molecule has 0 atom stereocenters. The molecule has 92 valence electrons. The van der Waals surface area contributed by atoms with Gasteiger partial charge in [0.2, 0.25) is 0 Å². The van der Waals surface area contributed by atoms with Gasteiger partial charge in [-0.2, -0.15) is 0 Å². The molecule has 2 aromatic rings. The van der Waals surface area contributed by atoms with E-state index in [1.165, 1.54) is 24.3 Å². The van der Waals surface area contributed by atoms with E-state index in [0.717, 1.165) is 11.8 Å². The number of carbonyl (C=O) groups excluding carboxylic acids is 1. The number of hydrogen-bond donors (Lipinski definition) is 2. The minimum Gasteiger partial charge on any atom is -0.383 e. The van der Waals surface area contributed by atoms with Crippen LogP contribution in [-0.2, 0) is 0 Å². The fourth-order valence-corrected chi connectivity index (χ4v) is 2.21. The second-order valence-corrected chi connectivity index (χ2v) is 4.36. The van der Waals surface area contributed by atoms with Gasteiger partial charge in [0.05, 0.1) is 4.90 Å². The second kappa shape index (κ2) is 5.01. The van der Waals surface area contributed by atoms with Gasteiger partial charge < -0.3 is 11.5 Å². The van der Waals surface area contributed by atoms with E-state index in [1.54, 1.807) is 0 Å². The van der Waals surface area contributed by atoms with E-state index in [1.807, 2.05) is 0 Å². The molecule has 5 nitrogen and oxygen atoms in total. The predicted octanol–water partition coefficient (Wildman–Crippen LogP) is 1.74. The fourth-order valence-electron chi connectivity index (χ4n) is 1.32. The van der Waals surface area contributed by atoms with E-state index in [2.05, 4.69) is 9.97 Å². The topological polar surface area (TPSA) is 94.9 Å². The Morgan fingerprint density at radius 3 is 2.50 bits per heavy atom. The zero-order valence-corrected chi connectivity index (χ0v) is 9.95. The Balaban J connectivity index is 2.42. The summed E-state index contributed by atoms with van der Waals surface area (Å²) in [6.07, 6.45) is 0.571. The molecular formula is C11H9FN4OS. The fraction of sp³-hybridized carbons (Fsp3) is 0. The lowest BCUT2D eigenvalue weighted by atomic mass is 10.2. The molecule has 18 heavy (non-hydrogen) atoms. The highest BCUT2D eigenvalue weighted by molar-refractivity contribution is 7.99. The molecule has 0 unspecified atom stereocenters. The Morgan fingerprint density at radius 1 is 1.22 bits per heavy atom. The van der Waals surface area contributed by atoms with Crippen molar-refractivity contribution >= 4 is 29.7 Å². The molecule has 0 fully saturated rings. The summed E-state index contributed by atoms with van der Waals surface area (Å²) in [5, 5.41) is 0.195. The first kappa shape index (κ1) is 12.3. The lowest BCUT2D eigenvalue weighted by Gasteiger charge is -2.05. The summed E-state index contributed by atoms with van der Waals surface area (Å²) in [4.78, 5) is 18.8. The standard InChI is InChI=1S/C11H9FN4OS/c12-7-3-1-2-6(5-17)10(7)18-11-15-8(13)4-9(14)16-11/h1-5H,(H4,13,14,15,16). The van der Waals surface area contributed by atoms with Crippen molar-refractivity contribution < 1.29 is 9.18 Å². The molecule has 0 saturated heterocycles. The molecule has 0 radical (unpaired) electrons. The second-order valence-electron chi connectivity index (χ2n) is 3.38. The maximum atomic E-state index is 13.6. The minimum absolute atomic E-state index is 0.150. The molecule has 0 spiro atoms. The van der Waals surface area contributed by atoms with Crippen molar-refractivity contribution in [2.75, 3.05) is 11.5 Å². The number of benzene rings is 1. The Kier molecular flexibility index (Phi) is 3.42. The number of aldehydes is 1. The van der Waals surface area contributed by atoms with Crippen LogP contribution in [-0.4, -0.2) is 16.3 Å². The van der Waals surface area contributed by atoms with Crippen molar-refractivity contribution in [1.82, 2.24) is 9.97 Å². The van der Waals surface area contributed by atoms with Gasteiger partial charge in [0.25, 0.3) is 0 Å². The van der Waals surface area contributed by atoms with Crippen LogP contribution in [0.25, 0.3) is 0 Å². The molecule has 0 aliphatic rings. The van der Waals surface area contributed by atoms with Gasteiger partial charge in [-0.3, -0.25) is 4.79 Å². The summed E-state index contributed by atoms with van der Waals surface area (Å²) in [7, 11) is 0. The zero-order valence-electron chi connectivity index (χ0n) is 9.13. The molecule has 0 aliphatic heterocycles. The van der Waals surface area contributed by atoms with Crippen molar-refractivity contribution in [2.45, 2.75) is 10.1 Å². The van der Waals surface area contributed by atoms with E-state index < -0.39 is 5.82 Å². The van der Waals surface area contributed by atoms with Crippen LogP contribution in [0.1, 0.15) is 10.4 Å². The molecule has 0 saturated carbocycles. The van der Waals surface area contributed by atoms with Crippen molar-refractivity contribution in [3.05, 3.63) is 35.6 Å². The third-order valence-corrected chi connectivity index (χ3v) is 3.06. The maximum Gasteiger partial charge on any atom is 0.196 e. The monoisotopic (exact) mass is 264 g/mol. The molecule has 0 amide bonds. The van der Waals surface area contributed by atoms with E-state index in [-0.39, 0.29) is 27.3 Å². The van der Waals surface area contributed by atoms with Crippen LogP contribution in [0.4, 0.5) is 16.0 Å². The quantitative estimate of drug-likeness (QED) is 0.647. The summed E-state index contributed by atoms with van der Waals surface area (Å²) in [6.45, 7) is 0. The number of aromatic nitrogens is 2. The Labute approximate surface area is 106 Å². The van der Waals surface area contributed by atoms with Gasteiger partial charge in [0, 0.05) is 11.6 Å². The number of nitrogens with two attached hydrogens (primary N) is 2. The first-order valence-electron chi connectivity index (χ1n) is 4.91. The largest absolute Gasteiger partial charge is 0.383 e. The minimum atomic E-state index is -0.519. The molecule has 2 rings (SSSR count). The summed E-state index contributed by atoms with van der Waals surface area (Å²) in [5.74, 6) is -0.141. The number of carbonyl (C=O) groups is 1. The third kappa shape index (κ3) is 2.57. The van der Waals surface area contributed by atoms with Gasteiger partial charge >= 0.3 is 0 Å². The van der Waals surface area contributed by atoms with Gasteiger partial charge in [-0.25, -0.2) is 14.4 Å². The molecule has 7 heteroatoms. The number of nitrogen functional groups attached to an aromatic ring is 2. The van der Waals surface area contributed by atoms with Crippen molar-refractivity contribution in [3.63, 3.8) is 0 Å². The van der Waals surface area contributed by atoms with Gasteiger partial charge in [-0.1, -0.05) is 12.1 Å². The lowest BCUT2D eigenvalue weighted by molar-refractivity contribution is 0.112. The average molecular weight is 264 g/mol. The summed E-state index contributed by atoms with van der Waals surface area (Å²) >= 11 is 0.905. The number of halogens is 1. The average Bonchev–Trinajstić information content (AvgIpc) is 2.30. The number of nitrogens with zero attached hydrogens (tertiary/aromatic N) is 2. The highest BCUT2D eigenvalue weighted by Crippen LogP contribution is 2.30. The zero-order chi connectivity index (χ0) is 13.1. The maximum absolute atomic E-state index is 13.6. The van der Waals surface area contributed by atoms with E-state index >= 15 is 0 Å². The first-order valence-corrected chi connectivity index (χ1v) is 5.73. The van der Waals surface area contributed by atoms with Crippen LogP contribution in [0.2, 0.25) is 0 Å². The number of hydrogen-bond acceptors (Lipinski definition) is 6. The van der Waals surface area contributed by atoms with Gasteiger partial charge in [-0.05, 0) is 17.8 Å². The smallest absolute Gasteiger partial charge is 0.196 e. The summed E-state index contributed by atoms with van der Waals surface area (Å²) < 4.78 is 13.6. The molecule has 0 aliphatic carbocycles. The van der Waals surface area contributed by atoms with Crippen LogP contribution in [0, 0.1) is 5.82 Å². The predicted molar refractivity (Wildman–Crippen MR) is 66.8 cm³/mol. The first-order chi connectivity index (χ1) is 8.60. The van der Waals surface area contributed by atoms with E-state index in [0.29, 0.717) is 6.29 Å². The van der Waals surface area contributed by atoms with Gasteiger partial charge in [0.1, 0.15) is 17.5 Å². The van der Waals surface area contributed by atoms with Crippen molar-refractivity contribution in [2.24, 2.45) is 0 Å². The van der Waals surface area contributed by atoms with Gasteiger partial charge in [0.15, 0.2) is 11.4 Å². The number of rotatable bonds is 3. The summed E-state index contributed by atoms with van der Waals surface area (Å²) in [6, 6.07) is 5.61. The van der Waals surface area contributed by atoms with Crippen molar-refractivity contribution in [1.29, 1.82) is 0 Å². The molecular weight excluding hydrogens is 255 g/mol. The van der Waals surface area contributed by atoms with E-state index in [4.69, 9.17) is 11.5 Å². The van der Waals surface area contributed by atoms with Crippen LogP contribution in [0.15, 0.2) is 34.3 Å². The Bertz CT molecular complexity index is 585. The van der Waals surface area contributed by atoms with Crippen LogP contribution >= 0.6 is 11.8 Å². The molecule has 1 aromatic carbocycles. The van der Waals surface area contributed by atoms with Crippen LogP contribution < -0.4 is 11.5 Å². The number of anilines is 2.